The molecule has 8 heteroatoms. The molecular weight excluding hydrogens is 501 g/mol. The first-order chi connectivity index (χ1) is 13.7. The Hall–Kier alpha value is -2.13. The van der Waals surface area contributed by atoms with E-state index >= 15 is 0 Å². The number of hydrogen-bond acceptors (Lipinski definition) is 4. The topological polar surface area (TPSA) is 75.3 Å². The van der Waals surface area contributed by atoms with E-state index in [4.69, 9.17) is 16.1 Å². The number of rotatable bonds is 7. The third kappa shape index (κ3) is 7.01. The predicted molar refractivity (Wildman–Crippen MR) is 128 cm³/mol. The van der Waals surface area contributed by atoms with Gasteiger partial charge in [-0.05, 0) is 23.6 Å². The van der Waals surface area contributed by atoms with Crippen LogP contribution in [0.5, 0.6) is 0 Å². The fourth-order valence-corrected chi connectivity index (χ4v) is 2.95. The van der Waals surface area contributed by atoms with Crippen molar-refractivity contribution in [2.24, 2.45) is 4.99 Å². The molecule has 0 radical (unpaired) electrons. The van der Waals surface area contributed by atoms with Crippen molar-refractivity contribution in [1.29, 1.82) is 0 Å². The normalized spacial score (nSPS) is 12.2. The molecule has 1 heterocycles. The maximum absolute atomic E-state index is 6.01. The molecule has 29 heavy (non-hydrogen) atoms. The first-order valence-electron chi connectivity index (χ1n) is 9.23. The second kappa shape index (κ2) is 11.8. The summed E-state index contributed by atoms with van der Waals surface area (Å²) in [7, 11) is 1.76. The minimum atomic E-state index is 0. The molecule has 3 rings (SSSR count). The van der Waals surface area contributed by atoms with E-state index in [0.29, 0.717) is 35.6 Å². The van der Waals surface area contributed by atoms with Crippen LogP contribution >= 0.6 is 35.6 Å². The molecule has 0 saturated heterocycles. The van der Waals surface area contributed by atoms with Crippen molar-refractivity contribution in [2.45, 2.75) is 19.3 Å². The van der Waals surface area contributed by atoms with Crippen LogP contribution < -0.4 is 10.6 Å². The number of hydrogen-bond donors (Lipinski definition) is 2. The largest absolute Gasteiger partial charge is 0.356 e. The third-order valence-corrected chi connectivity index (χ3v) is 4.59. The van der Waals surface area contributed by atoms with Crippen LogP contribution in [0.2, 0.25) is 5.02 Å². The van der Waals surface area contributed by atoms with Crippen LogP contribution in [0.1, 0.15) is 24.3 Å². The Morgan fingerprint density at radius 3 is 2.66 bits per heavy atom. The molecule has 1 aromatic heterocycles. The summed E-state index contributed by atoms with van der Waals surface area (Å²) in [5.74, 6) is 2.24. The molecule has 0 spiro atoms. The van der Waals surface area contributed by atoms with E-state index in [1.54, 1.807) is 7.05 Å². The van der Waals surface area contributed by atoms with Crippen molar-refractivity contribution in [1.82, 2.24) is 20.8 Å². The Morgan fingerprint density at radius 1 is 1.14 bits per heavy atom. The lowest BCUT2D eigenvalue weighted by Crippen LogP contribution is -2.39. The monoisotopic (exact) mass is 525 g/mol. The molecule has 0 fully saturated rings. The van der Waals surface area contributed by atoms with E-state index in [1.807, 2.05) is 30.3 Å². The number of aliphatic imine (C=N–C) groups is 1. The van der Waals surface area contributed by atoms with Gasteiger partial charge in [-0.15, -0.1) is 24.0 Å². The predicted octanol–water partition coefficient (Wildman–Crippen LogP) is 4.52. The van der Waals surface area contributed by atoms with Crippen LogP contribution in [0, 0.1) is 0 Å². The van der Waals surface area contributed by atoms with Crippen LogP contribution in [0.4, 0.5) is 0 Å². The minimum absolute atomic E-state index is 0. The Bertz CT molecular complexity index is 916. The number of nitrogens with one attached hydrogen (secondary N) is 2. The van der Waals surface area contributed by atoms with Crippen LogP contribution in [-0.4, -0.2) is 36.2 Å². The summed E-state index contributed by atoms with van der Waals surface area (Å²) in [4.78, 5) is 8.68. The van der Waals surface area contributed by atoms with Gasteiger partial charge in [-0.1, -0.05) is 66.1 Å². The lowest BCUT2D eigenvalue weighted by molar-refractivity contribution is 0.378. The average Bonchev–Trinajstić information content (AvgIpc) is 3.20. The number of nitrogens with zero attached hydrogens (tertiary/aromatic N) is 3. The minimum Gasteiger partial charge on any atom is -0.356 e. The zero-order valence-electron chi connectivity index (χ0n) is 16.4. The van der Waals surface area contributed by atoms with Crippen molar-refractivity contribution in [3.05, 3.63) is 71.1 Å². The number of aromatic nitrogens is 2. The maximum atomic E-state index is 6.01. The summed E-state index contributed by atoms with van der Waals surface area (Å²) in [5, 5.41) is 11.3. The summed E-state index contributed by atoms with van der Waals surface area (Å²) in [6, 6.07) is 17.8. The lowest BCUT2D eigenvalue weighted by Gasteiger charge is -2.16. The van der Waals surface area contributed by atoms with Gasteiger partial charge in [0.25, 0.3) is 0 Å². The van der Waals surface area contributed by atoms with Crippen molar-refractivity contribution >= 4 is 41.5 Å². The maximum Gasteiger partial charge on any atom is 0.228 e. The molecule has 0 aliphatic heterocycles. The fraction of sp³-hybridized carbons (Fsp3) is 0.286. The zero-order chi connectivity index (χ0) is 19.8. The molecule has 154 valence electrons. The van der Waals surface area contributed by atoms with Gasteiger partial charge >= 0.3 is 0 Å². The molecule has 0 aliphatic rings. The van der Waals surface area contributed by atoms with Gasteiger partial charge in [0.05, 0.1) is 0 Å². The van der Waals surface area contributed by atoms with Crippen molar-refractivity contribution in [3.8, 4) is 11.4 Å². The zero-order valence-corrected chi connectivity index (χ0v) is 19.5. The Morgan fingerprint density at radius 2 is 1.93 bits per heavy atom. The highest BCUT2D eigenvalue weighted by Gasteiger charge is 2.10. The van der Waals surface area contributed by atoms with Crippen LogP contribution in [-0.2, 0) is 6.42 Å². The van der Waals surface area contributed by atoms with Gasteiger partial charge < -0.3 is 15.2 Å². The molecule has 0 aliphatic carbocycles. The molecule has 1 unspecified atom stereocenters. The number of halogens is 2. The summed E-state index contributed by atoms with van der Waals surface area (Å²) in [6.45, 7) is 3.62. The highest BCUT2D eigenvalue weighted by Crippen LogP contribution is 2.20. The van der Waals surface area contributed by atoms with Gasteiger partial charge in [0.15, 0.2) is 5.96 Å². The van der Waals surface area contributed by atoms with Crippen molar-refractivity contribution in [3.63, 3.8) is 0 Å². The Labute approximate surface area is 193 Å². The van der Waals surface area contributed by atoms with Crippen molar-refractivity contribution < 1.29 is 4.52 Å². The van der Waals surface area contributed by atoms with E-state index in [1.165, 1.54) is 5.56 Å². The van der Waals surface area contributed by atoms with Gasteiger partial charge in [0.2, 0.25) is 11.7 Å². The van der Waals surface area contributed by atoms with E-state index in [2.05, 4.69) is 57.0 Å². The van der Waals surface area contributed by atoms with Gasteiger partial charge in [0, 0.05) is 37.1 Å². The van der Waals surface area contributed by atoms with Gasteiger partial charge in [0.1, 0.15) is 0 Å². The standard InChI is InChI=1S/C21H24ClN5O.HI/c1-15(16-7-4-3-5-8-16)14-25-21(23-2)24-12-11-19-26-20(27-28-19)17-9-6-10-18(22)13-17;/h3-10,13,15H,11-12,14H2,1-2H3,(H2,23,24,25);1H. The molecule has 3 aromatic rings. The van der Waals surface area contributed by atoms with Gasteiger partial charge in [-0.2, -0.15) is 4.98 Å². The molecule has 6 nitrogen and oxygen atoms in total. The van der Waals surface area contributed by atoms with Crippen LogP contribution in [0.25, 0.3) is 11.4 Å². The van der Waals surface area contributed by atoms with E-state index in [0.717, 1.165) is 18.1 Å². The van der Waals surface area contributed by atoms with Crippen LogP contribution in [0.15, 0.2) is 64.1 Å². The summed E-state index contributed by atoms with van der Waals surface area (Å²) < 4.78 is 5.33. The van der Waals surface area contributed by atoms with Gasteiger partial charge in [-0.25, -0.2) is 0 Å². The average molecular weight is 526 g/mol. The first-order valence-corrected chi connectivity index (χ1v) is 9.61. The second-order valence-electron chi connectivity index (χ2n) is 6.46. The number of benzene rings is 2. The molecular formula is C21H25ClIN5O. The molecule has 0 amide bonds. The molecule has 0 bridgehead atoms. The quantitative estimate of drug-likeness (QED) is 0.270. The lowest BCUT2D eigenvalue weighted by atomic mass is 10.0. The van der Waals surface area contributed by atoms with E-state index in [9.17, 15) is 0 Å². The summed E-state index contributed by atoms with van der Waals surface area (Å²) in [6.07, 6.45) is 0.600. The first kappa shape index (κ1) is 23.2. The smallest absolute Gasteiger partial charge is 0.228 e. The fourth-order valence-electron chi connectivity index (χ4n) is 2.76. The SMILES string of the molecule is CN=C(NCCc1nc(-c2cccc(Cl)c2)no1)NCC(C)c1ccccc1.I. The number of guanidine groups is 1. The molecule has 2 N–H and O–H groups in total. The van der Waals surface area contributed by atoms with E-state index in [-0.39, 0.29) is 24.0 Å². The second-order valence-corrected chi connectivity index (χ2v) is 6.90. The molecule has 2 aromatic carbocycles. The highest BCUT2D eigenvalue weighted by molar-refractivity contribution is 14.0. The Kier molecular flexibility index (Phi) is 9.40. The Balaban J connectivity index is 0.00000300. The molecule has 0 saturated carbocycles. The van der Waals surface area contributed by atoms with Gasteiger partial charge in [-0.3, -0.25) is 4.99 Å². The molecule has 1 atom stereocenters. The van der Waals surface area contributed by atoms with Crippen LogP contribution in [0.3, 0.4) is 0 Å². The van der Waals surface area contributed by atoms with Crippen molar-refractivity contribution in [2.75, 3.05) is 20.1 Å². The third-order valence-electron chi connectivity index (χ3n) is 4.35. The summed E-state index contributed by atoms with van der Waals surface area (Å²) >= 11 is 6.01. The summed E-state index contributed by atoms with van der Waals surface area (Å²) in [5.41, 5.74) is 2.13. The highest BCUT2D eigenvalue weighted by atomic mass is 127. The van der Waals surface area contributed by atoms with E-state index < -0.39 is 0 Å².